The minimum absolute atomic E-state index is 0.169. The van der Waals surface area contributed by atoms with E-state index in [4.69, 9.17) is 4.74 Å². The second kappa shape index (κ2) is 4.86. The number of benzene rings is 1. The summed E-state index contributed by atoms with van der Waals surface area (Å²) in [5.74, 6) is -1.01. The maximum atomic E-state index is 13.3. The van der Waals surface area contributed by atoms with E-state index in [1.54, 1.807) is 30.3 Å². The molecule has 2 aliphatic carbocycles. The molecule has 5 nitrogen and oxygen atoms in total. The van der Waals surface area contributed by atoms with Gasteiger partial charge in [0.25, 0.3) is 0 Å². The highest BCUT2D eigenvalue weighted by atomic mass is 16.5. The van der Waals surface area contributed by atoms with Crippen molar-refractivity contribution in [3.05, 3.63) is 71.1 Å². The van der Waals surface area contributed by atoms with Crippen molar-refractivity contribution in [2.75, 3.05) is 0 Å². The Labute approximate surface area is 144 Å². The van der Waals surface area contributed by atoms with Crippen LogP contribution in [0.15, 0.2) is 60.0 Å². The van der Waals surface area contributed by atoms with E-state index in [9.17, 15) is 14.4 Å². The molecule has 25 heavy (non-hydrogen) atoms. The third-order valence-corrected chi connectivity index (χ3v) is 5.31. The fraction of sp³-hybridized carbons (Fsp3) is 0.250. The zero-order chi connectivity index (χ0) is 17.2. The molecule has 0 bridgehead atoms. The third-order valence-electron chi connectivity index (χ3n) is 5.31. The second-order valence-corrected chi connectivity index (χ2v) is 6.63. The minimum Gasteiger partial charge on any atom is -0.326 e. The number of ether oxygens (including phenoxy) is 1. The maximum Gasteiger partial charge on any atom is 0.226 e. The number of nitrogens with zero attached hydrogens (tertiary/aromatic N) is 1. The van der Waals surface area contributed by atoms with E-state index in [0.29, 0.717) is 30.4 Å². The number of ketones is 3. The molecular formula is C20H15NO4. The first kappa shape index (κ1) is 14.5. The molecule has 124 valence electrons. The normalized spacial score (nSPS) is 26.2. The molecule has 0 amide bonds. The van der Waals surface area contributed by atoms with Crippen LogP contribution in [0.4, 0.5) is 0 Å². The van der Waals surface area contributed by atoms with E-state index in [0.717, 1.165) is 5.70 Å². The first-order valence-corrected chi connectivity index (χ1v) is 8.41. The molecule has 0 saturated carbocycles. The van der Waals surface area contributed by atoms with Gasteiger partial charge in [0.1, 0.15) is 0 Å². The molecule has 1 atom stereocenters. The predicted octanol–water partition coefficient (Wildman–Crippen LogP) is 2.55. The molecule has 1 spiro atoms. The van der Waals surface area contributed by atoms with Crippen LogP contribution in [0.2, 0.25) is 0 Å². The Morgan fingerprint density at radius 2 is 1.72 bits per heavy atom. The van der Waals surface area contributed by atoms with Crippen LogP contribution >= 0.6 is 0 Å². The van der Waals surface area contributed by atoms with Gasteiger partial charge in [0.15, 0.2) is 12.0 Å². The van der Waals surface area contributed by atoms with Gasteiger partial charge in [-0.05, 0) is 25.0 Å². The van der Waals surface area contributed by atoms with Crippen molar-refractivity contribution in [2.24, 2.45) is 0 Å². The molecule has 1 aromatic rings. The van der Waals surface area contributed by atoms with Crippen LogP contribution < -0.4 is 0 Å². The monoisotopic (exact) mass is 333 g/mol. The van der Waals surface area contributed by atoms with Crippen LogP contribution in [0.1, 0.15) is 40.0 Å². The molecule has 0 radical (unpaired) electrons. The lowest BCUT2D eigenvalue weighted by molar-refractivity contribution is -0.124. The SMILES string of the molecule is O=C1CCCC2=C1C1(O[C@H]3C=CC=CN23)C(=O)c2ccccc2C1=O. The van der Waals surface area contributed by atoms with Crippen molar-refractivity contribution in [3.8, 4) is 0 Å². The van der Waals surface area contributed by atoms with Gasteiger partial charge >= 0.3 is 0 Å². The van der Waals surface area contributed by atoms with Crippen molar-refractivity contribution in [3.63, 3.8) is 0 Å². The number of allylic oxidation sites excluding steroid dienone is 3. The fourth-order valence-corrected chi connectivity index (χ4v) is 4.24. The van der Waals surface area contributed by atoms with Crippen LogP contribution in [0.3, 0.4) is 0 Å². The van der Waals surface area contributed by atoms with Crippen LogP contribution in [0.5, 0.6) is 0 Å². The number of rotatable bonds is 0. The van der Waals surface area contributed by atoms with Gasteiger partial charge in [0, 0.05) is 29.4 Å². The molecule has 4 aliphatic rings. The van der Waals surface area contributed by atoms with E-state index in [1.165, 1.54) is 0 Å². The molecule has 2 heterocycles. The average Bonchev–Trinajstić information content (AvgIpc) is 2.85. The minimum atomic E-state index is -1.83. The molecule has 1 aromatic carbocycles. The van der Waals surface area contributed by atoms with Crippen LogP contribution in [-0.2, 0) is 9.53 Å². The summed E-state index contributed by atoms with van der Waals surface area (Å²) in [6.07, 6.45) is 8.45. The van der Waals surface area contributed by atoms with E-state index < -0.39 is 23.4 Å². The Hall–Kier alpha value is -2.79. The largest absolute Gasteiger partial charge is 0.326 e. The standard InChI is InChI=1S/C20H15NO4/c22-15-9-5-8-14-17(15)20(25-16-10-3-4-11-21(14)16)18(23)12-6-1-2-7-13(12)19(20)24/h1-4,6-7,10-11,16H,5,8-9H2/t16-/m0/s1. The highest BCUT2D eigenvalue weighted by Crippen LogP contribution is 2.48. The summed E-state index contributed by atoms with van der Waals surface area (Å²) < 4.78 is 6.10. The Kier molecular flexibility index (Phi) is 2.83. The Bertz CT molecular complexity index is 902. The summed E-state index contributed by atoms with van der Waals surface area (Å²) in [4.78, 5) is 41.2. The van der Waals surface area contributed by atoms with Crippen molar-refractivity contribution in [2.45, 2.75) is 31.1 Å². The Morgan fingerprint density at radius 3 is 2.44 bits per heavy atom. The number of carbonyl (C=O) groups is 3. The van der Waals surface area contributed by atoms with Crippen LogP contribution in [0, 0.1) is 0 Å². The van der Waals surface area contributed by atoms with E-state index in [-0.39, 0.29) is 11.4 Å². The number of hydrogen-bond acceptors (Lipinski definition) is 5. The lowest BCUT2D eigenvalue weighted by Gasteiger charge is -2.46. The molecule has 0 fully saturated rings. The van der Waals surface area contributed by atoms with E-state index in [2.05, 4.69) is 0 Å². The number of Topliss-reactive ketones (excluding diaryl/α,β-unsaturated/α-hetero) is 3. The summed E-state index contributed by atoms with van der Waals surface area (Å²) in [5, 5.41) is 0. The number of hydrogen-bond donors (Lipinski definition) is 0. The maximum absolute atomic E-state index is 13.3. The highest BCUT2D eigenvalue weighted by molar-refractivity contribution is 6.37. The molecule has 5 rings (SSSR count). The van der Waals surface area contributed by atoms with Gasteiger partial charge in [-0.1, -0.05) is 30.3 Å². The van der Waals surface area contributed by atoms with Crippen molar-refractivity contribution in [1.29, 1.82) is 0 Å². The van der Waals surface area contributed by atoms with Gasteiger partial charge in [-0.25, -0.2) is 0 Å². The zero-order valence-electron chi connectivity index (χ0n) is 13.4. The average molecular weight is 333 g/mol. The fourth-order valence-electron chi connectivity index (χ4n) is 4.24. The molecule has 0 saturated heterocycles. The smallest absolute Gasteiger partial charge is 0.226 e. The van der Waals surface area contributed by atoms with Gasteiger partial charge in [-0.2, -0.15) is 0 Å². The zero-order valence-corrected chi connectivity index (χ0v) is 13.4. The molecular weight excluding hydrogens is 318 g/mol. The molecule has 5 heteroatoms. The Morgan fingerprint density at radius 1 is 1.00 bits per heavy atom. The molecule has 0 unspecified atom stereocenters. The summed E-state index contributed by atoms with van der Waals surface area (Å²) in [6, 6.07) is 6.70. The summed E-state index contributed by atoms with van der Waals surface area (Å²) in [7, 11) is 0. The van der Waals surface area contributed by atoms with E-state index >= 15 is 0 Å². The number of fused-ring (bicyclic) bond motifs is 4. The summed E-state index contributed by atoms with van der Waals surface area (Å²) in [6.45, 7) is 0. The third kappa shape index (κ3) is 1.68. The molecule has 0 aromatic heterocycles. The van der Waals surface area contributed by atoms with Crippen molar-refractivity contribution >= 4 is 17.3 Å². The first-order chi connectivity index (χ1) is 12.1. The lowest BCUT2D eigenvalue weighted by Crippen LogP contribution is -2.58. The van der Waals surface area contributed by atoms with Gasteiger partial charge in [0.05, 0.1) is 5.57 Å². The number of carbonyl (C=O) groups excluding carboxylic acids is 3. The molecule has 2 aliphatic heterocycles. The molecule has 0 N–H and O–H groups in total. The van der Waals surface area contributed by atoms with E-state index in [1.807, 2.05) is 23.3 Å². The summed E-state index contributed by atoms with van der Waals surface area (Å²) >= 11 is 0. The van der Waals surface area contributed by atoms with Crippen LogP contribution in [0.25, 0.3) is 0 Å². The van der Waals surface area contributed by atoms with Crippen molar-refractivity contribution < 1.29 is 19.1 Å². The quantitative estimate of drug-likeness (QED) is 0.683. The van der Waals surface area contributed by atoms with Crippen LogP contribution in [-0.4, -0.2) is 34.1 Å². The summed E-state index contributed by atoms with van der Waals surface area (Å²) in [5.41, 5.74) is -0.181. The lowest BCUT2D eigenvalue weighted by atomic mass is 9.77. The van der Waals surface area contributed by atoms with Gasteiger partial charge in [-0.3, -0.25) is 14.4 Å². The first-order valence-electron chi connectivity index (χ1n) is 8.41. The van der Waals surface area contributed by atoms with Gasteiger partial charge < -0.3 is 9.64 Å². The topological polar surface area (TPSA) is 63.7 Å². The highest BCUT2D eigenvalue weighted by Gasteiger charge is 2.63. The Balaban J connectivity index is 1.80. The van der Waals surface area contributed by atoms with Gasteiger partial charge in [0.2, 0.25) is 17.2 Å². The van der Waals surface area contributed by atoms with Gasteiger partial charge in [-0.15, -0.1) is 0 Å². The second-order valence-electron chi connectivity index (χ2n) is 6.63. The van der Waals surface area contributed by atoms with Crippen molar-refractivity contribution in [1.82, 2.24) is 4.90 Å². The predicted molar refractivity (Wildman–Crippen MR) is 88.7 cm³/mol.